The number of amides is 7. The summed E-state index contributed by atoms with van der Waals surface area (Å²) in [6.07, 6.45) is 8.51. The summed E-state index contributed by atoms with van der Waals surface area (Å²) in [6.45, 7) is 8.15. The van der Waals surface area contributed by atoms with Gasteiger partial charge in [0.25, 0.3) is 0 Å². The van der Waals surface area contributed by atoms with Gasteiger partial charge in [0.05, 0.1) is 12.4 Å². The van der Waals surface area contributed by atoms with Gasteiger partial charge in [0.2, 0.25) is 41.4 Å². The van der Waals surface area contributed by atoms with Crippen LogP contribution in [0.2, 0.25) is 0 Å². The predicted molar refractivity (Wildman–Crippen MR) is 281 cm³/mol. The number of nitrogens with two attached hydrogens (primary N) is 4. The van der Waals surface area contributed by atoms with Crippen LogP contribution in [0.1, 0.15) is 110 Å². The normalized spacial score (nSPS) is 18.3. The number of nitrogens with one attached hydrogen (secondary N) is 7. The molecule has 4 heterocycles. The number of carbonyl (C=O) groups excluding carboxylic acids is 7. The Balaban J connectivity index is 1.37. The van der Waals surface area contributed by atoms with Gasteiger partial charge >= 0.3 is 5.97 Å². The number of guanidine groups is 1. The molecule has 1 aromatic carbocycles. The number of para-hydroxylation sites is 1. The van der Waals surface area contributed by atoms with Gasteiger partial charge in [-0.15, -0.1) is 0 Å². The fourth-order valence-electron chi connectivity index (χ4n) is 9.71. The maximum Gasteiger partial charge on any atom is 0.326 e. The molecule has 2 aliphatic rings. The number of likely N-dealkylation sites (tertiary alicyclic amines) is 2. The van der Waals surface area contributed by atoms with Gasteiger partial charge in [0.15, 0.2) is 5.96 Å². The first-order chi connectivity index (χ1) is 35.8. The Labute approximate surface area is 437 Å². The van der Waals surface area contributed by atoms with Crippen molar-refractivity contribution < 1.29 is 43.5 Å². The molecule has 75 heavy (non-hydrogen) atoms. The lowest BCUT2D eigenvalue weighted by Gasteiger charge is -2.32. The van der Waals surface area contributed by atoms with Gasteiger partial charge in [-0.1, -0.05) is 52.3 Å². The molecule has 24 heteroatoms. The number of benzene rings is 1. The summed E-state index contributed by atoms with van der Waals surface area (Å²) in [5, 5.41) is 24.7. The molecule has 2 saturated heterocycles. The molecular formula is C51H79N15O9. The standard InChI is InChI=1S/C51H79N15O9/c1-5-30(4)42(47(71)63-39(50(74)75)23-29(2)3)64-44(68)38(24-31-26-58-35-14-7-6-13-33(31)35)62-46(70)41-18-12-22-66(41)49(73)37(16-10-20-57-51(54)55)61-43(67)36(15-8-9-19-52)60-45(69)40-17-11-21-65(40)48(72)34(53)25-32-27-56-28-59-32/h6-7,13-14,26-30,34,36-42,58H,5,8-12,15-25,52-53H2,1-4H3,(H,56,59)(H,60,69)(H,61,67)(H,62,70)(H,63,71)(H,64,68)(H,74,75)(H4,54,55,57)/t30-,34-,36-,37+,38+,39+,40-,41-,42+/m1/s1. The maximum atomic E-state index is 14.8. The van der Waals surface area contributed by atoms with E-state index in [1.54, 1.807) is 19.3 Å². The van der Waals surface area contributed by atoms with Gasteiger partial charge in [-0.05, 0) is 94.2 Å². The van der Waals surface area contributed by atoms with Crippen molar-refractivity contribution in [2.75, 3.05) is 26.2 Å². The van der Waals surface area contributed by atoms with Gasteiger partial charge < -0.3 is 74.4 Å². The van der Waals surface area contributed by atoms with Crippen LogP contribution in [0.4, 0.5) is 0 Å². The first-order valence-electron chi connectivity index (χ1n) is 26.2. The molecule has 9 atom stereocenters. The van der Waals surface area contributed by atoms with Crippen LogP contribution in [-0.4, -0.2) is 158 Å². The number of carbonyl (C=O) groups is 8. The maximum absolute atomic E-state index is 14.8. The lowest BCUT2D eigenvalue weighted by molar-refractivity contribution is -0.143. The van der Waals surface area contributed by atoms with E-state index in [2.05, 4.69) is 46.5 Å². The van der Waals surface area contributed by atoms with Crippen molar-refractivity contribution in [3.05, 3.63) is 54.2 Å². The largest absolute Gasteiger partial charge is 0.480 e. The number of carboxylic acids is 1. The molecule has 0 saturated carbocycles. The highest BCUT2D eigenvalue weighted by molar-refractivity contribution is 5.98. The fraction of sp³-hybridized carbons (Fsp3) is 0.608. The molecule has 2 fully saturated rings. The third kappa shape index (κ3) is 16.7. The van der Waals surface area contributed by atoms with E-state index in [0.29, 0.717) is 62.9 Å². The second-order valence-corrected chi connectivity index (χ2v) is 20.1. The van der Waals surface area contributed by atoms with Crippen LogP contribution in [0, 0.1) is 11.8 Å². The van der Waals surface area contributed by atoms with Crippen LogP contribution in [0.25, 0.3) is 10.9 Å². The number of unbranched alkanes of at least 4 members (excludes halogenated alkanes) is 1. The molecule has 16 N–H and O–H groups in total. The quantitative estimate of drug-likeness (QED) is 0.0243. The minimum absolute atomic E-state index is 0.0201. The van der Waals surface area contributed by atoms with Crippen LogP contribution in [-0.2, 0) is 51.2 Å². The van der Waals surface area contributed by atoms with Crippen LogP contribution in [0.3, 0.4) is 0 Å². The Morgan fingerprint density at radius 1 is 0.773 bits per heavy atom. The molecule has 7 amide bonds. The Morgan fingerprint density at radius 3 is 2.01 bits per heavy atom. The summed E-state index contributed by atoms with van der Waals surface area (Å²) in [5.41, 5.74) is 25.4. The molecule has 0 spiro atoms. The number of H-pyrrole nitrogens is 2. The number of nitrogens with zero attached hydrogens (tertiary/aromatic N) is 4. The molecule has 0 bridgehead atoms. The zero-order valence-corrected chi connectivity index (χ0v) is 43.6. The third-order valence-electron chi connectivity index (χ3n) is 14.0. The number of aromatic amines is 2. The van der Waals surface area contributed by atoms with Crippen molar-refractivity contribution in [3.63, 3.8) is 0 Å². The summed E-state index contributed by atoms with van der Waals surface area (Å²) < 4.78 is 0. The highest BCUT2D eigenvalue weighted by atomic mass is 16.4. The minimum Gasteiger partial charge on any atom is -0.480 e. The lowest BCUT2D eigenvalue weighted by Crippen LogP contribution is -2.60. The van der Waals surface area contributed by atoms with Crippen molar-refractivity contribution >= 4 is 64.2 Å². The number of imidazole rings is 1. The minimum atomic E-state index is -1.27. The van der Waals surface area contributed by atoms with E-state index in [0.717, 1.165) is 10.9 Å². The SMILES string of the molecule is CC[C@@H](C)[C@H](NC(=O)[C@H](Cc1c[nH]c2ccccc12)NC(=O)[C@H]1CCCN1C(=O)[C@H](CCCN=C(N)N)NC(=O)[C@@H](CCCCN)NC(=O)[C@H]1CCCN1C(=O)[C@H](N)Cc1cnc[nH]1)C(=O)N[C@@H](CC(C)C)C(=O)O. The number of hydrogen-bond acceptors (Lipinski definition) is 12. The van der Waals surface area contributed by atoms with E-state index in [9.17, 15) is 43.5 Å². The second-order valence-electron chi connectivity index (χ2n) is 20.1. The Hall–Kier alpha value is -7.08. The zero-order valence-electron chi connectivity index (χ0n) is 43.6. The number of rotatable bonds is 29. The summed E-state index contributed by atoms with van der Waals surface area (Å²) in [4.78, 5) is 129. The number of aromatic nitrogens is 3. The van der Waals surface area contributed by atoms with Crippen LogP contribution >= 0.6 is 0 Å². The fourth-order valence-corrected chi connectivity index (χ4v) is 9.71. The van der Waals surface area contributed by atoms with Crippen molar-refractivity contribution in [3.8, 4) is 0 Å². The molecule has 412 valence electrons. The van der Waals surface area contributed by atoms with Crippen molar-refractivity contribution in [2.24, 2.45) is 39.8 Å². The van der Waals surface area contributed by atoms with Crippen molar-refractivity contribution in [1.82, 2.24) is 51.3 Å². The molecule has 5 rings (SSSR count). The lowest BCUT2D eigenvalue weighted by atomic mass is 9.96. The van der Waals surface area contributed by atoms with E-state index >= 15 is 0 Å². The van der Waals surface area contributed by atoms with E-state index < -0.39 is 102 Å². The number of fused-ring (bicyclic) bond motifs is 1. The van der Waals surface area contributed by atoms with E-state index in [-0.39, 0.29) is 69.9 Å². The van der Waals surface area contributed by atoms with Crippen LogP contribution in [0.5, 0.6) is 0 Å². The second kappa shape index (κ2) is 28.6. The molecule has 2 aromatic heterocycles. The third-order valence-corrected chi connectivity index (χ3v) is 14.0. The predicted octanol–water partition coefficient (Wildman–Crippen LogP) is -0.231. The molecular weight excluding hydrogens is 967 g/mol. The van der Waals surface area contributed by atoms with Gasteiger partial charge in [-0.2, -0.15) is 0 Å². The number of hydrogen-bond donors (Lipinski definition) is 12. The molecule has 24 nitrogen and oxygen atoms in total. The van der Waals surface area contributed by atoms with Crippen molar-refractivity contribution in [2.45, 2.75) is 160 Å². The number of aliphatic imine (C=N–C) groups is 1. The smallest absolute Gasteiger partial charge is 0.326 e. The van der Waals surface area contributed by atoms with E-state index in [4.69, 9.17) is 22.9 Å². The number of carboxylic acid groups (broad SMARTS) is 1. The topological polar surface area (TPSA) is 384 Å². The summed E-state index contributed by atoms with van der Waals surface area (Å²) in [5.74, 6) is -6.11. The zero-order chi connectivity index (χ0) is 54.8. The van der Waals surface area contributed by atoms with Crippen molar-refractivity contribution in [1.29, 1.82) is 0 Å². The first-order valence-corrected chi connectivity index (χ1v) is 26.2. The average molecular weight is 1050 g/mol. The molecule has 0 radical (unpaired) electrons. The van der Waals surface area contributed by atoms with E-state index in [1.165, 1.54) is 16.1 Å². The summed E-state index contributed by atoms with van der Waals surface area (Å²) >= 11 is 0. The van der Waals surface area contributed by atoms with Gasteiger partial charge in [0.1, 0.15) is 42.3 Å². The molecule has 3 aromatic rings. The highest BCUT2D eigenvalue weighted by Gasteiger charge is 2.42. The highest BCUT2D eigenvalue weighted by Crippen LogP contribution is 2.24. The van der Waals surface area contributed by atoms with Gasteiger partial charge in [-0.25, -0.2) is 9.78 Å². The van der Waals surface area contributed by atoms with Gasteiger partial charge in [0, 0.05) is 61.5 Å². The summed E-state index contributed by atoms with van der Waals surface area (Å²) in [7, 11) is 0. The van der Waals surface area contributed by atoms with Crippen LogP contribution < -0.4 is 49.5 Å². The molecule has 0 unspecified atom stereocenters. The monoisotopic (exact) mass is 1050 g/mol. The average Bonchev–Trinajstić information content (AvgIpc) is 4.24. The summed E-state index contributed by atoms with van der Waals surface area (Å²) in [6, 6.07) is -1.48. The molecule has 0 aliphatic carbocycles. The Kier molecular flexibility index (Phi) is 22.4. The Bertz CT molecular complexity index is 2440. The van der Waals surface area contributed by atoms with Gasteiger partial charge in [-0.3, -0.25) is 38.6 Å². The Morgan fingerprint density at radius 2 is 1.40 bits per heavy atom. The van der Waals surface area contributed by atoms with E-state index in [1.807, 2.05) is 45.0 Å². The molecule has 2 aliphatic heterocycles. The first kappa shape index (κ1) is 58.8. The number of aliphatic carboxylic acids is 1. The van der Waals surface area contributed by atoms with Crippen LogP contribution in [0.15, 0.2) is 48.0 Å².